The van der Waals surface area contributed by atoms with E-state index in [1.807, 2.05) is 0 Å². The lowest BCUT2D eigenvalue weighted by atomic mass is 10.2. The molecule has 0 aliphatic heterocycles. The van der Waals surface area contributed by atoms with Crippen molar-refractivity contribution >= 4 is 16.9 Å². The summed E-state index contributed by atoms with van der Waals surface area (Å²) >= 11 is 0. The SMILES string of the molecule is COc1ccc(OC)c2c(=O)cc(N(C)C)oc12. The first-order valence-electron chi connectivity index (χ1n) is 5.44. The molecule has 5 heteroatoms. The molecule has 0 bridgehead atoms. The minimum absolute atomic E-state index is 0.157. The summed E-state index contributed by atoms with van der Waals surface area (Å²) in [5.74, 6) is 1.45. The van der Waals surface area contributed by atoms with E-state index >= 15 is 0 Å². The second-order valence-corrected chi connectivity index (χ2v) is 4.02. The molecular weight excluding hydrogens is 234 g/mol. The Morgan fingerprint density at radius 3 is 2.28 bits per heavy atom. The first-order chi connectivity index (χ1) is 8.58. The fourth-order valence-electron chi connectivity index (χ4n) is 1.75. The normalized spacial score (nSPS) is 10.4. The summed E-state index contributed by atoms with van der Waals surface area (Å²) in [6, 6.07) is 4.83. The van der Waals surface area contributed by atoms with Crippen LogP contribution in [0.1, 0.15) is 0 Å². The number of hydrogen-bond acceptors (Lipinski definition) is 5. The number of rotatable bonds is 3. The zero-order valence-electron chi connectivity index (χ0n) is 10.8. The topological polar surface area (TPSA) is 51.9 Å². The first-order valence-corrected chi connectivity index (χ1v) is 5.44. The molecule has 0 radical (unpaired) electrons. The van der Waals surface area contributed by atoms with Gasteiger partial charge in [0.2, 0.25) is 0 Å². The van der Waals surface area contributed by atoms with Crippen LogP contribution in [0.2, 0.25) is 0 Å². The molecule has 1 aromatic heterocycles. The van der Waals surface area contributed by atoms with Gasteiger partial charge >= 0.3 is 0 Å². The van der Waals surface area contributed by atoms with E-state index in [1.54, 1.807) is 31.1 Å². The van der Waals surface area contributed by atoms with Crippen molar-refractivity contribution in [3.8, 4) is 11.5 Å². The van der Waals surface area contributed by atoms with Gasteiger partial charge in [0, 0.05) is 20.2 Å². The molecule has 0 N–H and O–H groups in total. The predicted molar refractivity (Wildman–Crippen MR) is 69.9 cm³/mol. The van der Waals surface area contributed by atoms with E-state index in [4.69, 9.17) is 13.9 Å². The highest BCUT2D eigenvalue weighted by Gasteiger charge is 2.15. The molecular formula is C13H15NO4. The number of fused-ring (bicyclic) bond motifs is 1. The van der Waals surface area contributed by atoms with Crippen molar-refractivity contribution in [2.75, 3.05) is 33.2 Å². The van der Waals surface area contributed by atoms with E-state index in [1.165, 1.54) is 20.3 Å². The standard InChI is InChI=1S/C13H15NO4/c1-14(2)11-7-8(15)12-9(16-3)5-6-10(17-4)13(12)18-11/h5-7H,1-4H3. The van der Waals surface area contributed by atoms with Gasteiger partial charge in [0.1, 0.15) is 11.1 Å². The van der Waals surface area contributed by atoms with E-state index in [0.29, 0.717) is 28.4 Å². The molecule has 2 rings (SSSR count). The van der Waals surface area contributed by atoms with Crippen molar-refractivity contribution < 1.29 is 13.9 Å². The number of methoxy groups -OCH3 is 2. The highest BCUT2D eigenvalue weighted by molar-refractivity contribution is 5.89. The van der Waals surface area contributed by atoms with Crippen molar-refractivity contribution in [3.05, 3.63) is 28.4 Å². The summed E-state index contributed by atoms with van der Waals surface area (Å²) in [5, 5.41) is 0.391. The van der Waals surface area contributed by atoms with Crippen LogP contribution < -0.4 is 19.8 Å². The molecule has 0 spiro atoms. The maximum atomic E-state index is 12.1. The van der Waals surface area contributed by atoms with E-state index in [0.717, 1.165) is 0 Å². The molecule has 5 nitrogen and oxygen atoms in total. The fraction of sp³-hybridized carbons (Fsp3) is 0.308. The van der Waals surface area contributed by atoms with E-state index in [-0.39, 0.29) is 5.43 Å². The third kappa shape index (κ3) is 1.88. The Morgan fingerprint density at radius 2 is 1.72 bits per heavy atom. The molecule has 0 unspecified atom stereocenters. The average molecular weight is 249 g/mol. The molecule has 1 aromatic carbocycles. The van der Waals surface area contributed by atoms with E-state index in [2.05, 4.69) is 0 Å². The van der Waals surface area contributed by atoms with Crippen LogP contribution in [0.15, 0.2) is 27.4 Å². The monoisotopic (exact) mass is 249 g/mol. The van der Waals surface area contributed by atoms with Crippen LogP contribution >= 0.6 is 0 Å². The zero-order chi connectivity index (χ0) is 13.3. The average Bonchev–Trinajstić information content (AvgIpc) is 2.37. The zero-order valence-corrected chi connectivity index (χ0v) is 10.8. The van der Waals surface area contributed by atoms with Gasteiger partial charge in [-0.15, -0.1) is 0 Å². The molecule has 0 fully saturated rings. The van der Waals surface area contributed by atoms with Gasteiger partial charge < -0.3 is 18.8 Å². The first kappa shape index (κ1) is 12.3. The van der Waals surface area contributed by atoms with Gasteiger partial charge in [-0.1, -0.05) is 0 Å². The molecule has 2 aromatic rings. The highest BCUT2D eigenvalue weighted by atomic mass is 16.5. The van der Waals surface area contributed by atoms with Crippen LogP contribution in [0.4, 0.5) is 5.88 Å². The lowest BCUT2D eigenvalue weighted by molar-refractivity contribution is 0.401. The Labute approximate surface area is 105 Å². The number of ether oxygens (including phenoxy) is 2. The van der Waals surface area contributed by atoms with Gasteiger partial charge in [0.05, 0.1) is 14.2 Å². The van der Waals surface area contributed by atoms with Crippen molar-refractivity contribution in [3.63, 3.8) is 0 Å². The van der Waals surface area contributed by atoms with Crippen LogP contribution in [0, 0.1) is 0 Å². The molecule has 0 saturated heterocycles. The molecule has 0 amide bonds. The Balaban J connectivity index is 2.89. The summed E-state index contributed by atoms with van der Waals surface area (Å²) < 4.78 is 16.1. The van der Waals surface area contributed by atoms with Crippen LogP contribution in [0.3, 0.4) is 0 Å². The van der Waals surface area contributed by atoms with Gasteiger partial charge in [0.25, 0.3) is 0 Å². The molecule has 96 valence electrons. The Hall–Kier alpha value is -2.17. The molecule has 0 aliphatic rings. The van der Waals surface area contributed by atoms with Crippen LogP contribution in [-0.4, -0.2) is 28.3 Å². The largest absolute Gasteiger partial charge is 0.496 e. The van der Waals surface area contributed by atoms with Crippen LogP contribution in [0.25, 0.3) is 11.0 Å². The Morgan fingerprint density at radius 1 is 1.11 bits per heavy atom. The summed E-state index contributed by atoms with van der Waals surface area (Å²) in [6.07, 6.45) is 0. The van der Waals surface area contributed by atoms with Crippen molar-refractivity contribution in [1.82, 2.24) is 0 Å². The summed E-state index contributed by atoms with van der Waals surface area (Å²) in [5.41, 5.74) is 0.240. The van der Waals surface area contributed by atoms with E-state index in [9.17, 15) is 4.79 Å². The van der Waals surface area contributed by atoms with Crippen LogP contribution in [-0.2, 0) is 0 Å². The minimum atomic E-state index is -0.157. The number of anilines is 1. The van der Waals surface area contributed by atoms with Gasteiger partial charge in [-0.05, 0) is 12.1 Å². The summed E-state index contributed by atoms with van der Waals surface area (Å²) in [6.45, 7) is 0. The molecule has 0 aliphatic carbocycles. The fourth-order valence-corrected chi connectivity index (χ4v) is 1.75. The van der Waals surface area contributed by atoms with Gasteiger partial charge in [0.15, 0.2) is 22.6 Å². The Kier molecular flexibility index (Phi) is 3.14. The second kappa shape index (κ2) is 4.60. The maximum Gasteiger partial charge on any atom is 0.199 e. The summed E-state index contributed by atoms with van der Waals surface area (Å²) in [7, 11) is 6.65. The van der Waals surface area contributed by atoms with Crippen molar-refractivity contribution in [2.24, 2.45) is 0 Å². The van der Waals surface area contributed by atoms with Crippen molar-refractivity contribution in [2.45, 2.75) is 0 Å². The lowest BCUT2D eigenvalue weighted by Crippen LogP contribution is -2.12. The van der Waals surface area contributed by atoms with Crippen LogP contribution in [0.5, 0.6) is 11.5 Å². The number of hydrogen-bond donors (Lipinski definition) is 0. The lowest BCUT2D eigenvalue weighted by Gasteiger charge is -2.13. The third-order valence-corrected chi connectivity index (χ3v) is 2.67. The van der Waals surface area contributed by atoms with Gasteiger partial charge in [-0.3, -0.25) is 4.79 Å². The quantitative estimate of drug-likeness (QED) is 0.831. The van der Waals surface area contributed by atoms with Gasteiger partial charge in [-0.2, -0.15) is 0 Å². The highest BCUT2D eigenvalue weighted by Crippen LogP contribution is 2.32. The second-order valence-electron chi connectivity index (χ2n) is 4.02. The predicted octanol–water partition coefficient (Wildman–Crippen LogP) is 1.88. The molecule has 1 heterocycles. The number of benzene rings is 1. The molecule has 0 saturated carbocycles. The molecule has 0 atom stereocenters. The summed E-state index contributed by atoms with van der Waals surface area (Å²) in [4.78, 5) is 13.9. The van der Waals surface area contributed by atoms with E-state index < -0.39 is 0 Å². The molecule has 18 heavy (non-hydrogen) atoms. The van der Waals surface area contributed by atoms with Crippen molar-refractivity contribution in [1.29, 1.82) is 0 Å². The number of nitrogens with zero attached hydrogens (tertiary/aromatic N) is 1. The smallest absolute Gasteiger partial charge is 0.199 e. The minimum Gasteiger partial charge on any atom is -0.496 e. The maximum absolute atomic E-state index is 12.1. The van der Waals surface area contributed by atoms with Gasteiger partial charge in [-0.25, -0.2) is 0 Å². The Bertz CT molecular complexity index is 631. The third-order valence-electron chi connectivity index (χ3n) is 2.67.